The third-order valence-electron chi connectivity index (χ3n) is 2.70. The van der Waals surface area contributed by atoms with Crippen molar-refractivity contribution >= 4 is 17.3 Å². The van der Waals surface area contributed by atoms with Crippen LogP contribution in [0.25, 0.3) is 0 Å². The monoisotopic (exact) mass is 264 g/mol. The van der Waals surface area contributed by atoms with Crippen LogP contribution in [0.1, 0.15) is 16.8 Å². The van der Waals surface area contributed by atoms with Gasteiger partial charge in [-0.2, -0.15) is 0 Å². The third-order valence-corrected chi connectivity index (χ3v) is 3.02. The second-order valence-electron chi connectivity index (χ2n) is 4.24. The Balaban J connectivity index is 2.10. The van der Waals surface area contributed by atoms with Crippen molar-refractivity contribution in [1.29, 1.82) is 0 Å². The summed E-state index contributed by atoms with van der Waals surface area (Å²) in [7, 11) is 0. The van der Waals surface area contributed by atoms with Crippen molar-refractivity contribution in [2.45, 2.75) is 20.4 Å². The van der Waals surface area contributed by atoms with E-state index in [0.717, 1.165) is 16.9 Å². The molecule has 0 saturated carbocycles. The van der Waals surface area contributed by atoms with E-state index in [4.69, 9.17) is 11.6 Å². The number of aromatic nitrogens is 1. The molecule has 1 aromatic carbocycles. The lowest BCUT2D eigenvalue weighted by Crippen LogP contribution is -2.01. The standard InChI is InChI=1S/C14H14ClFN2/c1-9-5-14(12(15)6-13(9)16)18-8-11-4-3-10(2)17-7-11/h3-7,18H,8H2,1-2H3. The largest absolute Gasteiger partial charge is 0.380 e. The number of hydrogen-bond acceptors (Lipinski definition) is 2. The van der Waals surface area contributed by atoms with Gasteiger partial charge in [-0.1, -0.05) is 17.7 Å². The Morgan fingerprint density at radius 3 is 2.72 bits per heavy atom. The fourth-order valence-electron chi connectivity index (χ4n) is 1.59. The predicted octanol–water partition coefficient (Wildman–Crippen LogP) is 4.10. The first-order valence-electron chi connectivity index (χ1n) is 5.67. The van der Waals surface area contributed by atoms with Gasteiger partial charge in [0.2, 0.25) is 0 Å². The molecule has 0 aliphatic carbocycles. The summed E-state index contributed by atoms with van der Waals surface area (Å²) in [4.78, 5) is 4.21. The zero-order chi connectivity index (χ0) is 13.1. The minimum atomic E-state index is -0.289. The van der Waals surface area contributed by atoms with Gasteiger partial charge in [-0.3, -0.25) is 4.98 Å². The highest BCUT2D eigenvalue weighted by atomic mass is 35.5. The van der Waals surface area contributed by atoms with E-state index in [-0.39, 0.29) is 5.82 Å². The number of nitrogens with zero attached hydrogens (tertiary/aromatic N) is 1. The van der Waals surface area contributed by atoms with Crippen LogP contribution in [0.2, 0.25) is 5.02 Å². The smallest absolute Gasteiger partial charge is 0.127 e. The zero-order valence-corrected chi connectivity index (χ0v) is 11.1. The van der Waals surface area contributed by atoms with Gasteiger partial charge < -0.3 is 5.32 Å². The first-order valence-corrected chi connectivity index (χ1v) is 6.05. The Bertz CT molecular complexity index is 552. The third kappa shape index (κ3) is 2.99. The van der Waals surface area contributed by atoms with Crippen molar-refractivity contribution in [3.05, 3.63) is 58.1 Å². The predicted molar refractivity (Wildman–Crippen MR) is 72.4 cm³/mol. The van der Waals surface area contributed by atoms with Crippen molar-refractivity contribution in [1.82, 2.24) is 4.98 Å². The Labute approximate surface area is 111 Å². The molecule has 18 heavy (non-hydrogen) atoms. The number of pyridine rings is 1. The van der Waals surface area contributed by atoms with Crippen molar-refractivity contribution in [3.63, 3.8) is 0 Å². The number of benzene rings is 1. The summed E-state index contributed by atoms with van der Waals surface area (Å²) >= 11 is 5.97. The number of halogens is 2. The Hall–Kier alpha value is -1.61. The van der Waals surface area contributed by atoms with Crippen LogP contribution in [0, 0.1) is 19.7 Å². The molecule has 0 unspecified atom stereocenters. The molecule has 94 valence electrons. The van der Waals surface area contributed by atoms with E-state index in [1.807, 2.05) is 25.3 Å². The second-order valence-corrected chi connectivity index (χ2v) is 4.65. The van der Waals surface area contributed by atoms with Gasteiger partial charge in [0.1, 0.15) is 5.82 Å². The molecule has 0 atom stereocenters. The summed E-state index contributed by atoms with van der Waals surface area (Å²) in [6, 6.07) is 6.99. The highest BCUT2D eigenvalue weighted by Crippen LogP contribution is 2.25. The number of aryl methyl sites for hydroxylation is 2. The van der Waals surface area contributed by atoms with Gasteiger partial charge in [-0.15, -0.1) is 0 Å². The number of nitrogens with one attached hydrogen (secondary N) is 1. The summed E-state index contributed by atoms with van der Waals surface area (Å²) in [5.74, 6) is -0.289. The van der Waals surface area contributed by atoms with Crippen LogP contribution in [-0.2, 0) is 6.54 Å². The van der Waals surface area contributed by atoms with Gasteiger partial charge in [-0.25, -0.2) is 4.39 Å². The van der Waals surface area contributed by atoms with Crippen LogP contribution in [0.15, 0.2) is 30.5 Å². The van der Waals surface area contributed by atoms with Crippen LogP contribution in [0.3, 0.4) is 0 Å². The molecule has 0 fully saturated rings. The van der Waals surface area contributed by atoms with Crippen molar-refractivity contribution in [2.24, 2.45) is 0 Å². The minimum Gasteiger partial charge on any atom is -0.380 e. The molecule has 0 aliphatic rings. The molecule has 1 aromatic heterocycles. The molecule has 0 spiro atoms. The van der Waals surface area contributed by atoms with Gasteiger partial charge in [0.25, 0.3) is 0 Å². The van der Waals surface area contributed by atoms with Crippen LogP contribution in [0.4, 0.5) is 10.1 Å². The molecule has 0 bridgehead atoms. The fraction of sp³-hybridized carbons (Fsp3) is 0.214. The number of hydrogen-bond donors (Lipinski definition) is 1. The highest BCUT2D eigenvalue weighted by molar-refractivity contribution is 6.33. The van der Waals surface area contributed by atoms with Crippen LogP contribution < -0.4 is 5.32 Å². The van der Waals surface area contributed by atoms with Crippen molar-refractivity contribution in [3.8, 4) is 0 Å². The summed E-state index contributed by atoms with van der Waals surface area (Å²) < 4.78 is 13.2. The maximum Gasteiger partial charge on any atom is 0.127 e. The Kier molecular flexibility index (Phi) is 3.82. The average molecular weight is 265 g/mol. The molecule has 0 radical (unpaired) electrons. The molecule has 0 amide bonds. The van der Waals surface area contributed by atoms with Gasteiger partial charge >= 0.3 is 0 Å². The average Bonchev–Trinajstić information content (AvgIpc) is 2.34. The Morgan fingerprint density at radius 2 is 2.06 bits per heavy atom. The fourth-order valence-corrected chi connectivity index (χ4v) is 1.81. The van der Waals surface area contributed by atoms with Gasteiger partial charge in [0.05, 0.1) is 10.7 Å². The molecular formula is C14H14ClFN2. The van der Waals surface area contributed by atoms with Gasteiger partial charge in [0.15, 0.2) is 0 Å². The Morgan fingerprint density at radius 1 is 1.28 bits per heavy atom. The number of anilines is 1. The summed E-state index contributed by atoms with van der Waals surface area (Å²) in [5, 5.41) is 3.57. The molecule has 2 nitrogen and oxygen atoms in total. The van der Waals surface area contributed by atoms with E-state index in [2.05, 4.69) is 10.3 Å². The SMILES string of the molecule is Cc1ccc(CNc2cc(C)c(F)cc2Cl)cn1. The van der Waals surface area contributed by atoms with E-state index < -0.39 is 0 Å². The van der Waals surface area contributed by atoms with E-state index in [1.165, 1.54) is 6.07 Å². The second kappa shape index (κ2) is 5.36. The lowest BCUT2D eigenvalue weighted by atomic mass is 10.2. The molecular weight excluding hydrogens is 251 g/mol. The molecule has 4 heteroatoms. The van der Waals surface area contributed by atoms with E-state index in [9.17, 15) is 4.39 Å². The molecule has 1 N–H and O–H groups in total. The maximum absolute atomic E-state index is 13.2. The first kappa shape index (κ1) is 12.8. The quantitative estimate of drug-likeness (QED) is 0.903. The van der Waals surface area contributed by atoms with Crippen LogP contribution >= 0.6 is 11.6 Å². The van der Waals surface area contributed by atoms with Gasteiger partial charge in [0, 0.05) is 18.4 Å². The van der Waals surface area contributed by atoms with Gasteiger partial charge in [-0.05, 0) is 43.2 Å². The summed E-state index contributed by atoms with van der Waals surface area (Å²) in [6.45, 7) is 4.26. The normalized spacial score (nSPS) is 10.4. The van der Waals surface area contributed by atoms with Crippen molar-refractivity contribution < 1.29 is 4.39 Å². The van der Waals surface area contributed by atoms with E-state index in [0.29, 0.717) is 17.1 Å². The van der Waals surface area contributed by atoms with E-state index in [1.54, 1.807) is 13.0 Å². The lowest BCUT2D eigenvalue weighted by Gasteiger charge is -2.10. The molecule has 0 aliphatic heterocycles. The van der Waals surface area contributed by atoms with E-state index >= 15 is 0 Å². The topological polar surface area (TPSA) is 24.9 Å². The van der Waals surface area contributed by atoms with Crippen molar-refractivity contribution in [2.75, 3.05) is 5.32 Å². The zero-order valence-electron chi connectivity index (χ0n) is 10.3. The maximum atomic E-state index is 13.2. The number of rotatable bonds is 3. The first-order chi connectivity index (χ1) is 8.56. The molecule has 0 saturated heterocycles. The molecule has 1 heterocycles. The highest BCUT2D eigenvalue weighted by Gasteiger charge is 2.05. The van der Waals surface area contributed by atoms with Crippen LogP contribution in [-0.4, -0.2) is 4.98 Å². The molecule has 2 rings (SSSR count). The molecule has 2 aromatic rings. The lowest BCUT2D eigenvalue weighted by molar-refractivity contribution is 0.619. The van der Waals surface area contributed by atoms with Crippen LogP contribution in [0.5, 0.6) is 0 Å². The summed E-state index contributed by atoms with van der Waals surface area (Å²) in [5.41, 5.74) is 3.34. The minimum absolute atomic E-state index is 0.289. The summed E-state index contributed by atoms with van der Waals surface area (Å²) in [6.07, 6.45) is 1.81.